The highest BCUT2D eigenvalue weighted by Gasteiger charge is 2.41. The van der Waals surface area contributed by atoms with Gasteiger partial charge < -0.3 is 0 Å². The fraction of sp³-hybridized carbons (Fsp3) is 0.171. The van der Waals surface area contributed by atoms with Crippen molar-refractivity contribution < 1.29 is 4.57 Å². The molecule has 0 N–H and O–H groups in total. The third kappa shape index (κ3) is 2.99. The summed E-state index contributed by atoms with van der Waals surface area (Å²) in [5, 5.41) is 0. The molecule has 0 amide bonds. The van der Waals surface area contributed by atoms with Gasteiger partial charge in [-0.3, -0.25) is 0 Å². The summed E-state index contributed by atoms with van der Waals surface area (Å²) in [7, 11) is 2.15. The standard InChI is InChI=1S/C35H30N/c1-21-13-15-28-31(17-21)34-26-11-7-8-12-27(26)35(28)32-18-24(14-16-29(32)34)30-19-33(36(4)20-23(30)3)25-10-6-5-9-22(25)2/h5-20,34-35H,1-4H3/q+1. The molecule has 36 heavy (non-hydrogen) atoms. The first-order chi connectivity index (χ1) is 17.5. The Morgan fingerprint density at radius 3 is 1.86 bits per heavy atom. The van der Waals surface area contributed by atoms with Crippen LogP contribution in [0.2, 0.25) is 0 Å². The molecule has 1 heterocycles. The van der Waals surface area contributed by atoms with E-state index in [0.717, 1.165) is 0 Å². The molecule has 2 unspecified atom stereocenters. The minimum Gasteiger partial charge on any atom is -0.201 e. The summed E-state index contributed by atoms with van der Waals surface area (Å²) in [6.45, 7) is 6.64. The Hall–Kier alpha value is -3.97. The molecule has 0 fully saturated rings. The Balaban J connectivity index is 1.43. The van der Waals surface area contributed by atoms with Crippen LogP contribution in [0.25, 0.3) is 22.4 Å². The molecule has 1 aromatic heterocycles. The minimum atomic E-state index is 0.299. The smallest absolute Gasteiger partial charge is 0.201 e. The molecule has 0 saturated carbocycles. The van der Waals surface area contributed by atoms with Gasteiger partial charge in [-0.05, 0) is 83.0 Å². The second-order valence-corrected chi connectivity index (χ2v) is 10.7. The zero-order chi connectivity index (χ0) is 24.6. The van der Waals surface area contributed by atoms with Crippen LogP contribution in [-0.2, 0) is 7.05 Å². The van der Waals surface area contributed by atoms with Crippen molar-refractivity contribution in [2.24, 2.45) is 7.05 Å². The highest BCUT2D eigenvalue weighted by atomic mass is 14.9. The summed E-state index contributed by atoms with van der Waals surface area (Å²) in [6.07, 6.45) is 2.27. The lowest BCUT2D eigenvalue weighted by Crippen LogP contribution is -2.31. The molecular weight excluding hydrogens is 434 g/mol. The predicted octanol–water partition coefficient (Wildman–Crippen LogP) is 7.76. The van der Waals surface area contributed by atoms with E-state index in [1.807, 2.05) is 0 Å². The predicted molar refractivity (Wildman–Crippen MR) is 147 cm³/mol. The van der Waals surface area contributed by atoms with Crippen molar-refractivity contribution in [1.82, 2.24) is 0 Å². The number of benzene rings is 4. The Morgan fingerprint density at radius 1 is 0.528 bits per heavy atom. The average molecular weight is 465 g/mol. The van der Waals surface area contributed by atoms with Crippen molar-refractivity contribution in [1.29, 1.82) is 0 Å². The van der Waals surface area contributed by atoms with Gasteiger partial charge in [0.25, 0.3) is 0 Å². The second kappa shape index (κ2) is 7.77. The van der Waals surface area contributed by atoms with Crippen LogP contribution in [0.4, 0.5) is 0 Å². The molecule has 3 aliphatic carbocycles. The molecule has 174 valence electrons. The minimum absolute atomic E-state index is 0.299. The van der Waals surface area contributed by atoms with Crippen LogP contribution in [0.3, 0.4) is 0 Å². The topological polar surface area (TPSA) is 3.88 Å². The Bertz CT molecular complexity index is 1690. The zero-order valence-corrected chi connectivity index (χ0v) is 21.3. The number of hydrogen-bond donors (Lipinski definition) is 0. The van der Waals surface area contributed by atoms with Gasteiger partial charge in [-0.15, -0.1) is 0 Å². The molecule has 1 heteroatoms. The number of rotatable bonds is 2. The largest absolute Gasteiger partial charge is 0.213 e. The van der Waals surface area contributed by atoms with E-state index in [0.29, 0.717) is 11.8 Å². The van der Waals surface area contributed by atoms with E-state index in [1.54, 1.807) is 0 Å². The maximum absolute atomic E-state index is 2.48. The van der Waals surface area contributed by atoms with Gasteiger partial charge in [0, 0.05) is 29.0 Å². The lowest BCUT2D eigenvalue weighted by atomic mass is 9.60. The van der Waals surface area contributed by atoms with Crippen LogP contribution in [0.15, 0.2) is 97.2 Å². The molecule has 1 nitrogen and oxygen atoms in total. The van der Waals surface area contributed by atoms with Gasteiger partial charge >= 0.3 is 0 Å². The van der Waals surface area contributed by atoms with Crippen molar-refractivity contribution in [2.75, 3.05) is 0 Å². The van der Waals surface area contributed by atoms with E-state index in [9.17, 15) is 0 Å². The van der Waals surface area contributed by atoms with Gasteiger partial charge in [-0.1, -0.05) is 78.4 Å². The van der Waals surface area contributed by atoms with Crippen molar-refractivity contribution >= 4 is 0 Å². The summed E-state index contributed by atoms with van der Waals surface area (Å²) in [4.78, 5) is 0. The molecule has 2 atom stereocenters. The maximum atomic E-state index is 2.48. The van der Waals surface area contributed by atoms with E-state index in [4.69, 9.17) is 0 Å². The summed E-state index contributed by atoms with van der Waals surface area (Å²) in [5.41, 5.74) is 18.0. The van der Waals surface area contributed by atoms with Gasteiger partial charge in [-0.25, -0.2) is 4.57 Å². The van der Waals surface area contributed by atoms with E-state index in [-0.39, 0.29) is 0 Å². The molecule has 5 aromatic rings. The molecule has 3 aliphatic rings. The maximum Gasteiger partial charge on any atom is 0.213 e. The fourth-order valence-electron chi connectivity index (χ4n) is 6.73. The van der Waals surface area contributed by atoms with E-state index in [1.165, 1.54) is 72.5 Å². The summed E-state index contributed by atoms with van der Waals surface area (Å²) >= 11 is 0. The lowest BCUT2D eigenvalue weighted by molar-refractivity contribution is -0.660. The molecule has 0 radical (unpaired) electrons. The highest BCUT2D eigenvalue weighted by molar-refractivity contribution is 5.76. The normalized spacial score (nSPS) is 16.9. The summed E-state index contributed by atoms with van der Waals surface area (Å²) in [5.74, 6) is 0.620. The Morgan fingerprint density at radius 2 is 1.14 bits per heavy atom. The first kappa shape index (κ1) is 21.3. The fourth-order valence-corrected chi connectivity index (χ4v) is 6.73. The van der Waals surface area contributed by atoms with Gasteiger partial charge in [0.05, 0.1) is 0 Å². The summed E-state index contributed by atoms with van der Waals surface area (Å²) < 4.78 is 2.26. The second-order valence-electron chi connectivity index (χ2n) is 10.7. The number of aryl methyl sites for hydroxylation is 4. The van der Waals surface area contributed by atoms with Gasteiger partial charge in [-0.2, -0.15) is 0 Å². The van der Waals surface area contributed by atoms with Gasteiger partial charge in [0.2, 0.25) is 5.69 Å². The first-order valence-corrected chi connectivity index (χ1v) is 12.9. The Labute approximate surface area is 213 Å². The van der Waals surface area contributed by atoms with E-state index in [2.05, 4.69) is 130 Å². The van der Waals surface area contributed by atoms with Crippen LogP contribution < -0.4 is 4.57 Å². The molecule has 0 saturated heterocycles. The third-order valence-corrected chi connectivity index (χ3v) is 8.40. The molecular formula is C35H30N+. The van der Waals surface area contributed by atoms with Gasteiger partial charge in [0.1, 0.15) is 7.05 Å². The SMILES string of the molecule is Cc1ccc2c(c1)C1c3ccccc3C2c2cc(-c3cc(-c4ccccc4C)[n+](C)cc3C)ccc21. The summed E-state index contributed by atoms with van der Waals surface area (Å²) in [6, 6.07) is 34.4. The Kier molecular flexibility index (Phi) is 4.60. The monoisotopic (exact) mass is 464 g/mol. The van der Waals surface area contributed by atoms with Crippen molar-refractivity contribution in [2.45, 2.75) is 32.6 Å². The molecule has 2 bridgehead atoms. The van der Waals surface area contributed by atoms with E-state index >= 15 is 0 Å². The lowest BCUT2D eigenvalue weighted by Gasteiger charge is -2.42. The number of pyridine rings is 1. The molecule has 0 spiro atoms. The zero-order valence-electron chi connectivity index (χ0n) is 21.3. The molecule has 8 rings (SSSR count). The molecule has 0 aliphatic heterocycles. The number of nitrogens with zero attached hydrogens (tertiary/aromatic N) is 1. The number of aromatic nitrogens is 1. The van der Waals surface area contributed by atoms with Crippen molar-refractivity contribution in [3.05, 3.63) is 147 Å². The van der Waals surface area contributed by atoms with Crippen LogP contribution in [0.1, 0.15) is 61.9 Å². The van der Waals surface area contributed by atoms with Crippen LogP contribution in [0.5, 0.6) is 0 Å². The number of hydrogen-bond acceptors (Lipinski definition) is 0. The first-order valence-electron chi connectivity index (χ1n) is 12.9. The van der Waals surface area contributed by atoms with E-state index < -0.39 is 0 Å². The van der Waals surface area contributed by atoms with Crippen molar-refractivity contribution in [3.8, 4) is 22.4 Å². The quantitative estimate of drug-likeness (QED) is 0.230. The van der Waals surface area contributed by atoms with Crippen LogP contribution in [-0.4, -0.2) is 0 Å². The van der Waals surface area contributed by atoms with Gasteiger partial charge in [0.15, 0.2) is 6.20 Å². The highest BCUT2D eigenvalue weighted by Crippen LogP contribution is 2.56. The molecule has 4 aromatic carbocycles. The van der Waals surface area contributed by atoms with Crippen molar-refractivity contribution in [3.63, 3.8) is 0 Å². The van der Waals surface area contributed by atoms with Crippen LogP contribution in [0, 0.1) is 20.8 Å². The third-order valence-electron chi connectivity index (χ3n) is 8.40. The van der Waals surface area contributed by atoms with Crippen LogP contribution >= 0.6 is 0 Å². The average Bonchev–Trinajstić information content (AvgIpc) is 2.88.